The minimum absolute atomic E-state index is 0.328. The van der Waals surface area contributed by atoms with E-state index in [0.717, 1.165) is 18.8 Å². The molecule has 3 atom stereocenters. The Morgan fingerprint density at radius 2 is 2.28 bits per heavy atom. The summed E-state index contributed by atoms with van der Waals surface area (Å²) in [6.45, 7) is 0. The highest BCUT2D eigenvalue weighted by atomic mass is 19.1. The Balaban J connectivity index is 1.72. The molecule has 1 aromatic rings. The van der Waals surface area contributed by atoms with Crippen molar-refractivity contribution in [3.8, 4) is 0 Å². The standard InChI is InChI=1S/C13H13FN2O2/c14-11-7-9(4-5-13(11)16(17)18)15-12-6-8-2-1-3-10(8)12/h1,3-5,7-8,10,12,15H,2,6H2. The topological polar surface area (TPSA) is 55.2 Å². The summed E-state index contributed by atoms with van der Waals surface area (Å²) in [5, 5.41) is 13.8. The van der Waals surface area contributed by atoms with Crippen LogP contribution in [0.15, 0.2) is 30.4 Å². The maximum atomic E-state index is 13.4. The highest BCUT2D eigenvalue weighted by Gasteiger charge is 2.40. The first-order valence-corrected chi connectivity index (χ1v) is 6.02. The van der Waals surface area contributed by atoms with E-state index in [1.807, 2.05) is 0 Å². The van der Waals surface area contributed by atoms with Crippen molar-refractivity contribution in [3.63, 3.8) is 0 Å². The number of hydrogen-bond donors (Lipinski definition) is 1. The molecule has 1 N–H and O–H groups in total. The van der Waals surface area contributed by atoms with Crippen LogP contribution in [0.25, 0.3) is 0 Å². The fourth-order valence-electron chi connectivity index (χ4n) is 2.84. The number of rotatable bonds is 3. The lowest BCUT2D eigenvalue weighted by atomic mass is 9.71. The van der Waals surface area contributed by atoms with E-state index >= 15 is 0 Å². The third kappa shape index (κ3) is 1.75. The third-order valence-corrected chi connectivity index (χ3v) is 3.86. The van der Waals surface area contributed by atoms with E-state index in [4.69, 9.17) is 0 Å². The molecule has 2 aliphatic rings. The summed E-state index contributed by atoms with van der Waals surface area (Å²) in [5.41, 5.74) is 0.134. The smallest absolute Gasteiger partial charge is 0.304 e. The average molecular weight is 248 g/mol. The molecule has 3 unspecified atom stereocenters. The quantitative estimate of drug-likeness (QED) is 0.508. The molecule has 1 saturated carbocycles. The molecule has 0 bridgehead atoms. The fraction of sp³-hybridized carbons (Fsp3) is 0.385. The summed E-state index contributed by atoms with van der Waals surface area (Å²) >= 11 is 0. The SMILES string of the molecule is O=[N+]([O-])c1ccc(NC2CC3CC=CC32)cc1F. The van der Waals surface area contributed by atoms with Crippen LogP contribution in [0.1, 0.15) is 12.8 Å². The number of benzene rings is 1. The number of hydrogen-bond acceptors (Lipinski definition) is 3. The van der Waals surface area contributed by atoms with Crippen molar-refractivity contribution >= 4 is 11.4 Å². The van der Waals surface area contributed by atoms with E-state index in [1.165, 1.54) is 12.1 Å². The normalized spacial score (nSPS) is 28.6. The lowest BCUT2D eigenvalue weighted by Crippen LogP contribution is -2.43. The van der Waals surface area contributed by atoms with Gasteiger partial charge in [-0.15, -0.1) is 0 Å². The number of nitrogens with one attached hydrogen (secondary N) is 1. The summed E-state index contributed by atoms with van der Waals surface area (Å²) < 4.78 is 13.4. The Morgan fingerprint density at radius 3 is 2.94 bits per heavy atom. The van der Waals surface area contributed by atoms with Crippen LogP contribution in [0, 0.1) is 27.8 Å². The molecule has 2 aliphatic carbocycles. The molecule has 0 saturated heterocycles. The Labute approximate surface area is 104 Å². The zero-order valence-electron chi connectivity index (χ0n) is 9.67. The summed E-state index contributed by atoms with van der Waals surface area (Å²) in [5.74, 6) is 0.469. The Hall–Kier alpha value is -1.91. The minimum atomic E-state index is -0.789. The molecule has 1 fully saturated rings. The number of nitrogens with zero attached hydrogens (tertiary/aromatic N) is 1. The van der Waals surface area contributed by atoms with Crippen molar-refractivity contribution in [1.29, 1.82) is 0 Å². The van der Waals surface area contributed by atoms with Crippen LogP contribution in [0.2, 0.25) is 0 Å². The lowest BCUT2D eigenvalue weighted by Gasteiger charge is -2.41. The molecule has 18 heavy (non-hydrogen) atoms. The summed E-state index contributed by atoms with van der Waals surface area (Å²) in [6, 6.07) is 4.30. The minimum Gasteiger partial charge on any atom is -0.382 e. The van der Waals surface area contributed by atoms with Crippen LogP contribution in [0.3, 0.4) is 0 Å². The van der Waals surface area contributed by atoms with Crippen molar-refractivity contribution in [3.05, 3.63) is 46.3 Å². The number of anilines is 1. The average Bonchev–Trinajstić information content (AvgIpc) is 2.67. The van der Waals surface area contributed by atoms with Crippen molar-refractivity contribution in [2.45, 2.75) is 18.9 Å². The Bertz CT molecular complexity index is 530. The van der Waals surface area contributed by atoms with Crippen molar-refractivity contribution < 1.29 is 9.31 Å². The summed E-state index contributed by atoms with van der Waals surface area (Å²) in [4.78, 5) is 9.80. The maximum Gasteiger partial charge on any atom is 0.304 e. The highest BCUT2D eigenvalue weighted by Crippen LogP contribution is 2.44. The van der Waals surface area contributed by atoms with Gasteiger partial charge < -0.3 is 5.32 Å². The van der Waals surface area contributed by atoms with Gasteiger partial charge in [-0.05, 0) is 24.8 Å². The molecule has 0 aliphatic heterocycles. The molecular formula is C13H13FN2O2. The van der Waals surface area contributed by atoms with E-state index in [9.17, 15) is 14.5 Å². The molecular weight excluding hydrogens is 235 g/mol. The van der Waals surface area contributed by atoms with Gasteiger partial charge in [-0.25, -0.2) is 0 Å². The number of nitro groups is 1. The zero-order valence-corrected chi connectivity index (χ0v) is 9.67. The monoisotopic (exact) mass is 248 g/mol. The summed E-state index contributed by atoms with van der Waals surface area (Å²) in [7, 11) is 0. The molecule has 94 valence electrons. The van der Waals surface area contributed by atoms with Crippen LogP contribution in [0.5, 0.6) is 0 Å². The van der Waals surface area contributed by atoms with E-state index < -0.39 is 16.4 Å². The van der Waals surface area contributed by atoms with Gasteiger partial charge >= 0.3 is 5.69 Å². The van der Waals surface area contributed by atoms with Crippen LogP contribution in [-0.2, 0) is 0 Å². The van der Waals surface area contributed by atoms with Gasteiger partial charge in [0.1, 0.15) is 0 Å². The van der Waals surface area contributed by atoms with E-state index in [0.29, 0.717) is 17.6 Å². The van der Waals surface area contributed by atoms with Crippen molar-refractivity contribution in [2.24, 2.45) is 11.8 Å². The fourth-order valence-corrected chi connectivity index (χ4v) is 2.84. The Kier molecular flexibility index (Phi) is 2.54. The molecule has 0 aromatic heterocycles. The highest BCUT2D eigenvalue weighted by molar-refractivity contribution is 5.51. The predicted molar refractivity (Wildman–Crippen MR) is 65.8 cm³/mol. The first kappa shape index (κ1) is 11.2. The molecule has 5 heteroatoms. The first-order chi connectivity index (χ1) is 8.65. The van der Waals surface area contributed by atoms with Crippen LogP contribution < -0.4 is 5.32 Å². The van der Waals surface area contributed by atoms with Gasteiger partial charge in [-0.1, -0.05) is 12.2 Å². The zero-order chi connectivity index (χ0) is 12.7. The third-order valence-electron chi connectivity index (χ3n) is 3.86. The van der Waals surface area contributed by atoms with Crippen LogP contribution in [-0.4, -0.2) is 11.0 Å². The van der Waals surface area contributed by atoms with Gasteiger partial charge in [0.2, 0.25) is 5.82 Å². The first-order valence-electron chi connectivity index (χ1n) is 6.02. The lowest BCUT2D eigenvalue weighted by molar-refractivity contribution is -0.387. The molecule has 0 amide bonds. The van der Waals surface area contributed by atoms with E-state index in [1.54, 1.807) is 6.07 Å². The number of allylic oxidation sites excluding steroid dienone is 1. The van der Waals surface area contributed by atoms with Crippen molar-refractivity contribution in [2.75, 3.05) is 5.32 Å². The second-order valence-electron chi connectivity index (χ2n) is 4.91. The molecule has 0 spiro atoms. The molecule has 1 aromatic carbocycles. The molecule has 0 heterocycles. The Morgan fingerprint density at radius 1 is 1.44 bits per heavy atom. The molecule has 4 nitrogen and oxygen atoms in total. The predicted octanol–water partition coefficient (Wildman–Crippen LogP) is 3.11. The van der Waals surface area contributed by atoms with Gasteiger partial charge in [-0.2, -0.15) is 4.39 Å². The van der Waals surface area contributed by atoms with Gasteiger partial charge in [0.05, 0.1) is 4.92 Å². The van der Waals surface area contributed by atoms with Gasteiger partial charge in [0.25, 0.3) is 0 Å². The summed E-state index contributed by atoms with van der Waals surface area (Å²) in [6.07, 6.45) is 6.61. The number of nitro benzene ring substituents is 1. The van der Waals surface area contributed by atoms with Gasteiger partial charge in [0.15, 0.2) is 0 Å². The van der Waals surface area contributed by atoms with Crippen LogP contribution in [0.4, 0.5) is 15.8 Å². The largest absolute Gasteiger partial charge is 0.382 e. The van der Waals surface area contributed by atoms with Crippen molar-refractivity contribution in [1.82, 2.24) is 0 Å². The molecule has 3 rings (SSSR count). The maximum absolute atomic E-state index is 13.4. The van der Waals surface area contributed by atoms with Gasteiger partial charge in [0, 0.05) is 29.8 Å². The second kappa shape index (κ2) is 4.08. The molecule has 0 radical (unpaired) electrons. The van der Waals surface area contributed by atoms with E-state index in [-0.39, 0.29) is 0 Å². The second-order valence-corrected chi connectivity index (χ2v) is 4.91. The van der Waals surface area contributed by atoms with E-state index in [2.05, 4.69) is 17.5 Å². The number of fused-ring (bicyclic) bond motifs is 1. The van der Waals surface area contributed by atoms with Gasteiger partial charge in [-0.3, -0.25) is 10.1 Å². The van der Waals surface area contributed by atoms with Crippen LogP contribution >= 0.6 is 0 Å². The number of halogens is 1.